The van der Waals surface area contributed by atoms with E-state index in [2.05, 4.69) is 102 Å². The molecule has 5 nitrogen and oxygen atoms in total. The molecule has 0 amide bonds. The Kier molecular flexibility index (Phi) is 6.80. The van der Waals surface area contributed by atoms with Gasteiger partial charge in [-0.3, -0.25) is 0 Å². The van der Waals surface area contributed by atoms with E-state index in [0.717, 1.165) is 55.3 Å². The van der Waals surface area contributed by atoms with Crippen LogP contribution in [0.5, 0.6) is 0 Å². The fourth-order valence-corrected chi connectivity index (χ4v) is 7.41. The highest BCUT2D eigenvalue weighted by Crippen LogP contribution is 2.39. The van der Waals surface area contributed by atoms with Gasteiger partial charge in [-0.2, -0.15) is 5.26 Å². The summed E-state index contributed by atoms with van der Waals surface area (Å²) in [5.41, 5.74) is 11.3. The Labute approximate surface area is 299 Å². The van der Waals surface area contributed by atoms with E-state index in [4.69, 9.17) is 14.4 Å². The summed E-state index contributed by atoms with van der Waals surface area (Å²) in [6, 6.07) is 60.4. The second-order valence-corrected chi connectivity index (χ2v) is 12.9. The lowest BCUT2D eigenvalue weighted by molar-refractivity contribution is 0.669. The minimum Gasteiger partial charge on any atom is -0.456 e. The second kappa shape index (κ2) is 11.9. The van der Waals surface area contributed by atoms with Crippen LogP contribution in [-0.4, -0.2) is 14.5 Å². The van der Waals surface area contributed by atoms with Gasteiger partial charge in [0.15, 0.2) is 5.82 Å². The molecule has 0 radical (unpaired) electrons. The van der Waals surface area contributed by atoms with Crippen LogP contribution in [0.4, 0.5) is 0 Å². The van der Waals surface area contributed by atoms with E-state index < -0.39 is 0 Å². The molecule has 0 aliphatic heterocycles. The SMILES string of the molecule is N#Cc1c(-c2ccccc2)nc(-c2ccccc2)nc1-c1ccc2c(c1)oc1cc(-n3c4ccccc4c4cc(-c5ccccc5)ccc43)ccc12. The number of fused-ring (bicyclic) bond motifs is 6. The van der Waals surface area contributed by atoms with E-state index >= 15 is 0 Å². The molecular formula is C47H28N4O. The summed E-state index contributed by atoms with van der Waals surface area (Å²) < 4.78 is 8.93. The van der Waals surface area contributed by atoms with Gasteiger partial charge in [0.2, 0.25) is 0 Å². The van der Waals surface area contributed by atoms with Crippen LogP contribution in [0.15, 0.2) is 174 Å². The Morgan fingerprint density at radius 3 is 1.75 bits per heavy atom. The molecule has 0 atom stereocenters. The molecule has 0 saturated carbocycles. The Balaban J connectivity index is 1.13. The first kappa shape index (κ1) is 29.6. The number of rotatable bonds is 5. The molecule has 10 rings (SSSR count). The predicted molar refractivity (Wildman–Crippen MR) is 210 cm³/mol. The molecule has 0 spiro atoms. The van der Waals surface area contributed by atoms with Gasteiger partial charge in [0.25, 0.3) is 0 Å². The van der Waals surface area contributed by atoms with Gasteiger partial charge >= 0.3 is 0 Å². The van der Waals surface area contributed by atoms with Crippen molar-refractivity contribution in [3.8, 4) is 56.8 Å². The third kappa shape index (κ3) is 4.78. The third-order valence-corrected chi connectivity index (χ3v) is 9.87. The average molecular weight is 665 g/mol. The summed E-state index contributed by atoms with van der Waals surface area (Å²) in [5, 5.41) is 14.9. The number of para-hydroxylation sites is 1. The highest BCUT2D eigenvalue weighted by Gasteiger charge is 2.20. The lowest BCUT2D eigenvalue weighted by Gasteiger charge is -2.12. The number of hydrogen-bond acceptors (Lipinski definition) is 4. The zero-order valence-corrected chi connectivity index (χ0v) is 27.9. The molecule has 0 unspecified atom stereocenters. The van der Waals surface area contributed by atoms with Gasteiger partial charge in [0, 0.05) is 50.0 Å². The average Bonchev–Trinajstić information content (AvgIpc) is 3.75. The predicted octanol–water partition coefficient (Wildman–Crippen LogP) is 12.0. The molecule has 3 heterocycles. The maximum absolute atomic E-state index is 10.5. The number of furan rings is 1. The van der Waals surface area contributed by atoms with Crippen molar-refractivity contribution in [1.29, 1.82) is 5.26 Å². The van der Waals surface area contributed by atoms with E-state index in [1.807, 2.05) is 78.9 Å². The highest BCUT2D eigenvalue weighted by atomic mass is 16.3. The molecule has 10 aromatic rings. The van der Waals surface area contributed by atoms with Crippen LogP contribution in [0.3, 0.4) is 0 Å². The minimum absolute atomic E-state index is 0.422. The van der Waals surface area contributed by atoms with Crippen molar-refractivity contribution in [3.05, 3.63) is 175 Å². The number of hydrogen-bond donors (Lipinski definition) is 0. The van der Waals surface area contributed by atoms with Gasteiger partial charge in [-0.15, -0.1) is 0 Å². The van der Waals surface area contributed by atoms with E-state index in [9.17, 15) is 5.26 Å². The smallest absolute Gasteiger partial charge is 0.160 e. The molecule has 242 valence electrons. The zero-order chi connectivity index (χ0) is 34.6. The van der Waals surface area contributed by atoms with Gasteiger partial charge in [0.1, 0.15) is 22.8 Å². The monoisotopic (exact) mass is 664 g/mol. The van der Waals surface area contributed by atoms with Crippen LogP contribution in [0.25, 0.3) is 94.5 Å². The quantitative estimate of drug-likeness (QED) is 0.184. The van der Waals surface area contributed by atoms with Crippen LogP contribution < -0.4 is 0 Å². The van der Waals surface area contributed by atoms with Gasteiger partial charge in [0.05, 0.1) is 22.4 Å². The molecule has 7 aromatic carbocycles. The van der Waals surface area contributed by atoms with Gasteiger partial charge < -0.3 is 8.98 Å². The van der Waals surface area contributed by atoms with Crippen molar-refractivity contribution in [3.63, 3.8) is 0 Å². The third-order valence-electron chi connectivity index (χ3n) is 9.87. The second-order valence-electron chi connectivity index (χ2n) is 12.9. The van der Waals surface area contributed by atoms with Crippen molar-refractivity contribution < 1.29 is 4.42 Å². The van der Waals surface area contributed by atoms with Gasteiger partial charge in [-0.25, -0.2) is 9.97 Å². The summed E-state index contributed by atoms with van der Waals surface area (Å²) in [4.78, 5) is 9.89. The fraction of sp³-hybridized carbons (Fsp3) is 0. The van der Waals surface area contributed by atoms with Crippen molar-refractivity contribution in [1.82, 2.24) is 14.5 Å². The summed E-state index contributed by atoms with van der Waals surface area (Å²) >= 11 is 0. The largest absolute Gasteiger partial charge is 0.456 e. The van der Waals surface area contributed by atoms with Crippen LogP contribution >= 0.6 is 0 Å². The Bertz CT molecular complexity index is 3010. The molecular weight excluding hydrogens is 637 g/mol. The first-order valence-electron chi connectivity index (χ1n) is 17.2. The van der Waals surface area contributed by atoms with Crippen molar-refractivity contribution >= 4 is 43.7 Å². The van der Waals surface area contributed by atoms with Crippen LogP contribution in [-0.2, 0) is 0 Å². The summed E-state index contributed by atoms with van der Waals surface area (Å²) in [5.74, 6) is 0.560. The van der Waals surface area contributed by atoms with Gasteiger partial charge in [-0.05, 0) is 53.6 Å². The topological polar surface area (TPSA) is 67.6 Å². The summed E-state index contributed by atoms with van der Waals surface area (Å²) in [6.07, 6.45) is 0. The molecule has 0 bridgehead atoms. The first-order valence-corrected chi connectivity index (χ1v) is 17.2. The van der Waals surface area contributed by atoms with Crippen molar-refractivity contribution in [2.45, 2.75) is 0 Å². The molecule has 0 N–H and O–H groups in total. The summed E-state index contributed by atoms with van der Waals surface area (Å²) in [7, 11) is 0. The molecule has 5 heteroatoms. The molecule has 0 aliphatic rings. The Morgan fingerprint density at radius 2 is 1.02 bits per heavy atom. The molecule has 3 aromatic heterocycles. The zero-order valence-electron chi connectivity index (χ0n) is 27.9. The number of benzene rings is 7. The van der Waals surface area contributed by atoms with Crippen molar-refractivity contribution in [2.24, 2.45) is 0 Å². The van der Waals surface area contributed by atoms with Gasteiger partial charge in [-0.1, -0.05) is 121 Å². The summed E-state index contributed by atoms with van der Waals surface area (Å²) in [6.45, 7) is 0. The lowest BCUT2D eigenvalue weighted by atomic mass is 9.99. The van der Waals surface area contributed by atoms with E-state index in [-0.39, 0.29) is 0 Å². The molecule has 0 saturated heterocycles. The van der Waals surface area contributed by atoms with Crippen LogP contribution in [0.1, 0.15) is 5.56 Å². The maximum Gasteiger partial charge on any atom is 0.160 e. The standard InChI is InChI=1S/C47H28N4O/c48-29-40-45(31-14-6-2-7-15-31)49-47(32-16-8-3-9-17-32)50-46(40)34-20-23-37-38-24-22-35(28-44(38)52-43(37)27-34)51-41-19-11-10-18-36(41)39-26-33(21-25-42(39)51)30-12-4-1-5-13-30/h1-28H. The minimum atomic E-state index is 0.422. The van der Waals surface area contributed by atoms with Crippen LogP contribution in [0.2, 0.25) is 0 Å². The number of nitriles is 1. The molecule has 0 fully saturated rings. The number of aromatic nitrogens is 3. The number of nitrogens with zero attached hydrogens (tertiary/aromatic N) is 4. The normalized spacial score (nSPS) is 11.4. The molecule has 52 heavy (non-hydrogen) atoms. The fourth-order valence-electron chi connectivity index (χ4n) is 7.41. The molecule has 0 aliphatic carbocycles. The van der Waals surface area contributed by atoms with Crippen molar-refractivity contribution in [2.75, 3.05) is 0 Å². The van der Waals surface area contributed by atoms with E-state index in [1.54, 1.807) is 0 Å². The maximum atomic E-state index is 10.5. The van der Waals surface area contributed by atoms with Crippen LogP contribution in [0, 0.1) is 11.3 Å². The first-order chi connectivity index (χ1) is 25.7. The van der Waals surface area contributed by atoms with E-state index in [0.29, 0.717) is 22.8 Å². The highest BCUT2D eigenvalue weighted by molar-refractivity contribution is 6.11. The van der Waals surface area contributed by atoms with E-state index in [1.165, 1.54) is 21.9 Å². The Hall–Kier alpha value is -7.29. The lowest BCUT2D eigenvalue weighted by Crippen LogP contribution is -2.01. The Morgan fingerprint density at radius 1 is 0.442 bits per heavy atom.